The standard InChI is InChI=1S/C27H27N5O2/c1-31-19-29-25-8-4-21(16-26(25)31)24-10-11-28-17-22(24)5-9-27(33)30-23-6-2-20(3-7-23)18-32-12-14-34-15-13-32/h2-11,16-17,19H,12-15,18H2,1H3,(H,30,33)/b9-5+. The van der Waals surface area contributed by atoms with Crippen molar-refractivity contribution in [1.82, 2.24) is 19.4 Å². The Morgan fingerprint density at radius 3 is 2.76 bits per heavy atom. The van der Waals surface area contributed by atoms with E-state index in [0.29, 0.717) is 0 Å². The van der Waals surface area contributed by atoms with Gasteiger partial charge in [-0.3, -0.25) is 14.7 Å². The number of anilines is 1. The van der Waals surface area contributed by atoms with Gasteiger partial charge in [0.1, 0.15) is 0 Å². The van der Waals surface area contributed by atoms with Crippen molar-refractivity contribution in [3.05, 3.63) is 84.5 Å². The third-order valence-corrected chi connectivity index (χ3v) is 6.03. The number of nitrogens with one attached hydrogen (secondary N) is 1. The van der Waals surface area contributed by atoms with Gasteiger partial charge in [-0.15, -0.1) is 0 Å². The van der Waals surface area contributed by atoms with Gasteiger partial charge in [-0.1, -0.05) is 18.2 Å². The first-order chi connectivity index (χ1) is 16.7. The molecule has 0 aliphatic carbocycles. The Morgan fingerprint density at radius 2 is 1.94 bits per heavy atom. The number of morpholine rings is 1. The summed E-state index contributed by atoms with van der Waals surface area (Å²) in [6, 6.07) is 16.1. The molecule has 0 unspecified atom stereocenters. The second kappa shape index (κ2) is 9.99. The number of hydrogen-bond donors (Lipinski definition) is 1. The van der Waals surface area contributed by atoms with Crippen molar-refractivity contribution in [3.8, 4) is 11.1 Å². The highest BCUT2D eigenvalue weighted by Crippen LogP contribution is 2.27. The lowest BCUT2D eigenvalue weighted by atomic mass is 10.0. The molecular weight excluding hydrogens is 426 g/mol. The zero-order valence-electron chi connectivity index (χ0n) is 19.1. The number of pyridine rings is 1. The smallest absolute Gasteiger partial charge is 0.248 e. The summed E-state index contributed by atoms with van der Waals surface area (Å²) in [5.41, 5.74) is 6.94. The minimum absolute atomic E-state index is 0.183. The lowest BCUT2D eigenvalue weighted by Crippen LogP contribution is -2.35. The second-order valence-corrected chi connectivity index (χ2v) is 8.43. The Balaban J connectivity index is 1.26. The van der Waals surface area contributed by atoms with Gasteiger partial charge < -0.3 is 14.6 Å². The first kappa shape index (κ1) is 22.0. The van der Waals surface area contributed by atoms with Gasteiger partial charge in [0, 0.05) is 56.4 Å². The van der Waals surface area contributed by atoms with Gasteiger partial charge in [0.05, 0.1) is 30.6 Å². The lowest BCUT2D eigenvalue weighted by Gasteiger charge is -2.26. The summed E-state index contributed by atoms with van der Waals surface area (Å²) in [7, 11) is 1.98. The van der Waals surface area contributed by atoms with Crippen LogP contribution in [0, 0.1) is 0 Å². The average molecular weight is 454 g/mol. The molecule has 2 aromatic heterocycles. The molecule has 1 saturated heterocycles. The van der Waals surface area contributed by atoms with Gasteiger partial charge in [-0.25, -0.2) is 4.98 Å². The van der Waals surface area contributed by atoms with Crippen LogP contribution in [0.4, 0.5) is 5.69 Å². The van der Waals surface area contributed by atoms with Gasteiger partial charge in [0.15, 0.2) is 0 Å². The largest absolute Gasteiger partial charge is 0.379 e. The number of rotatable bonds is 6. The molecule has 0 spiro atoms. The number of aromatic nitrogens is 3. The van der Waals surface area contributed by atoms with Crippen molar-refractivity contribution in [2.24, 2.45) is 7.05 Å². The van der Waals surface area contributed by atoms with Gasteiger partial charge in [-0.05, 0) is 53.1 Å². The van der Waals surface area contributed by atoms with E-state index in [1.165, 1.54) is 5.56 Å². The van der Waals surface area contributed by atoms with Crippen LogP contribution < -0.4 is 5.32 Å². The van der Waals surface area contributed by atoms with E-state index in [1.54, 1.807) is 30.9 Å². The summed E-state index contributed by atoms with van der Waals surface area (Å²) in [6.07, 6.45) is 8.69. The minimum atomic E-state index is -0.183. The van der Waals surface area contributed by atoms with Crippen molar-refractivity contribution in [2.75, 3.05) is 31.6 Å². The maximum absolute atomic E-state index is 12.6. The van der Waals surface area contributed by atoms with E-state index >= 15 is 0 Å². The normalized spacial score (nSPS) is 14.6. The molecule has 7 nitrogen and oxygen atoms in total. The van der Waals surface area contributed by atoms with Crippen LogP contribution in [0.25, 0.3) is 28.2 Å². The number of fused-ring (bicyclic) bond motifs is 1. The minimum Gasteiger partial charge on any atom is -0.379 e. The zero-order chi connectivity index (χ0) is 23.3. The fraction of sp³-hybridized carbons (Fsp3) is 0.222. The Labute approximate surface area is 198 Å². The Bertz CT molecular complexity index is 1320. The van der Waals surface area contributed by atoms with Gasteiger partial charge in [0.25, 0.3) is 0 Å². The first-order valence-corrected chi connectivity index (χ1v) is 11.4. The van der Waals surface area contributed by atoms with Crippen LogP contribution in [0.2, 0.25) is 0 Å². The third-order valence-electron chi connectivity index (χ3n) is 6.03. The highest BCUT2D eigenvalue weighted by atomic mass is 16.5. The Kier molecular flexibility index (Phi) is 6.46. The molecule has 0 radical (unpaired) electrons. The van der Waals surface area contributed by atoms with Gasteiger partial charge in [0.2, 0.25) is 5.91 Å². The molecule has 1 fully saturated rings. The van der Waals surface area contributed by atoms with Crippen molar-refractivity contribution in [2.45, 2.75) is 6.54 Å². The number of hydrogen-bond acceptors (Lipinski definition) is 5. The van der Waals surface area contributed by atoms with E-state index in [1.807, 2.05) is 41.9 Å². The molecule has 2 aromatic carbocycles. The Hall–Kier alpha value is -3.81. The third kappa shape index (κ3) is 5.06. The fourth-order valence-corrected chi connectivity index (χ4v) is 4.16. The summed E-state index contributed by atoms with van der Waals surface area (Å²) < 4.78 is 7.40. The SMILES string of the molecule is Cn1cnc2ccc(-c3ccncc3/C=C/C(=O)Nc3ccc(CN4CCOCC4)cc3)cc21. The van der Waals surface area contributed by atoms with Crippen LogP contribution in [0.5, 0.6) is 0 Å². The van der Waals surface area contributed by atoms with Crippen molar-refractivity contribution >= 4 is 28.7 Å². The summed E-state index contributed by atoms with van der Waals surface area (Å²) in [5.74, 6) is -0.183. The number of aryl methyl sites for hydroxylation is 1. The van der Waals surface area contributed by atoms with E-state index in [2.05, 4.69) is 38.4 Å². The van der Waals surface area contributed by atoms with Crippen LogP contribution in [0.1, 0.15) is 11.1 Å². The maximum atomic E-state index is 12.6. The lowest BCUT2D eigenvalue weighted by molar-refractivity contribution is -0.111. The quantitative estimate of drug-likeness (QED) is 0.445. The van der Waals surface area contributed by atoms with Crippen LogP contribution in [0.15, 0.2) is 73.3 Å². The number of benzene rings is 2. The molecule has 0 bridgehead atoms. The molecule has 1 amide bonds. The van der Waals surface area contributed by atoms with Crippen molar-refractivity contribution in [3.63, 3.8) is 0 Å². The van der Waals surface area contributed by atoms with Crippen LogP contribution >= 0.6 is 0 Å². The number of ether oxygens (including phenoxy) is 1. The molecule has 1 aliphatic rings. The van der Waals surface area contributed by atoms with E-state index in [9.17, 15) is 4.79 Å². The number of imidazole rings is 1. The number of amides is 1. The molecule has 7 heteroatoms. The molecule has 5 rings (SSSR count). The molecule has 1 aliphatic heterocycles. The van der Waals surface area contributed by atoms with E-state index in [0.717, 1.165) is 66.3 Å². The Morgan fingerprint density at radius 1 is 1.12 bits per heavy atom. The van der Waals surface area contributed by atoms with Crippen molar-refractivity contribution in [1.29, 1.82) is 0 Å². The predicted molar refractivity (Wildman–Crippen MR) is 134 cm³/mol. The van der Waals surface area contributed by atoms with Crippen molar-refractivity contribution < 1.29 is 9.53 Å². The summed E-state index contributed by atoms with van der Waals surface area (Å²) in [6.45, 7) is 4.38. The predicted octanol–water partition coefficient (Wildman–Crippen LogP) is 4.12. The molecule has 1 N–H and O–H groups in total. The monoisotopic (exact) mass is 453 g/mol. The topological polar surface area (TPSA) is 72.3 Å². The molecule has 4 aromatic rings. The molecule has 0 atom stereocenters. The molecule has 0 saturated carbocycles. The van der Waals surface area contributed by atoms with E-state index in [-0.39, 0.29) is 5.91 Å². The van der Waals surface area contributed by atoms with E-state index in [4.69, 9.17) is 4.74 Å². The summed E-state index contributed by atoms with van der Waals surface area (Å²) in [4.78, 5) is 23.6. The molecular formula is C27H27N5O2. The fourth-order valence-electron chi connectivity index (χ4n) is 4.16. The average Bonchev–Trinajstić information content (AvgIpc) is 3.25. The van der Waals surface area contributed by atoms with Crippen LogP contribution in [-0.2, 0) is 23.1 Å². The maximum Gasteiger partial charge on any atom is 0.248 e. The highest BCUT2D eigenvalue weighted by Gasteiger charge is 2.11. The highest BCUT2D eigenvalue weighted by molar-refractivity contribution is 6.02. The van der Waals surface area contributed by atoms with E-state index < -0.39 is 0 Å². The van der Waals surface area contributed by atoms with Gasteiger partial charge in [-0.2, -0.15) is 0 Å². The number of carbonyl (C=O) groups is 1. The summed E-state index contributed by atoms with van der Waals surface area (Å²) >= 11 is 0. The molecule has 172 valence electrons. The molecule has 3 heterocycles. The number of nitrogens with zero attached hydrogens (tertiary/aromatic N) is 4. The summed E-state index contributed by atoms with van der Waals surface area (Å²) in [5, 5.41) is 2.94. The second-order valence-electron chi connectivity index (χ2n) is 8.43. The van der Waals surface area contributed by atoms with Gasteiger partial charge >= 0.3 is 0 Å². The van der Waals surface area contributed by atoms with Crippen LogP contribution in [0.3, 0.4) is 0 Å². The molecule has 34 heavy (non-hydrogen) atoms. The van der Waals surface area contributed by atoms with Crippen LogP contribution in [-0.4, -0.2) is 51.6 Å². The zero-order valence-corrected chi connectivity index (χ0v) is 19.1. The first-order valence-electron chi connectivity index (χ1n) is 11.4. The number of carbonyl (C=O) groups excluding carboxylic acids is 1.